The normalized spacial score (nSPS) is 48.2. The maximum Gasteiger partial charge on any atom is 0.302 e. The van der Waals surface area contributed by atoms with E-state index in [0.717, 1.165) is 44.4 Å². The van der Waals surface area contributed by atoms with Crippen LogP contribution in [0.2, 0.25) is 0 Å². The third kappa shape index (κ3) is 4.37. The number of fused-ring (bicyclic) bond motifs is 5. The van der Waals surface area contributed by atoms with Crippen LogP contribution in [0.5, 0.6) is 0 Å². The highest BCUT2D eigenvalue weighted by Gasteiger charge is 2.65. The molecule has 0 amide bonds. The summed E-state index contributed by atoms with van der Waals surface area (Å²) >= 11 is 0. The summed E-state index contributed by atoms with van der Waals surface area (Å²) in [7, 11) is 0. The van der Waals surface area contributed by atoms with Crippen LogP contribution in [-0.4, -0.2) is 72.2 Å². The number of hydrogen-bond acceptors (Lipinski definition) is 6. The fourth-order valence-corrected chi connectivity index (χ4v) is 10.8. The van der Waals surface area contributed by atoms with Crippen molar-refractivity contribution in [3.8, 4) is 0 Å². The lowest BCUT2D eigenvalue weighted by Crippen LogP contribution is -2.60. The zero-order valence-electron chi connectivity index (χ0n) is 23.8. The van der Waals surface area contributed by atoms with E-state index in [1.807, 2.05) is 0 Å². The van der Waals surface area contributed by atoms with E-state index >= 15 is 0 Å². The van der Waals surface area contributed by atoms with Gasteiger partial charge in [0, 0.05) is 31.3 Å². The Balaban J connectivity index is 1.28. The molecule has 4 saturated carbocycles. The van der Waals surface area contributed by atoms with E-state index in [-0.39, 0.29) is 29.6 Å². The lowest BCUT2D eigenvalue weighted by molar-refractivity contribution is -0.178. The van der Waals surface area contributed by atoms with Crippen LogP contribution in [0.3, 0.4) is 0 Å². The van der Waals surface area contributed by atoms with Crippen molar-refractivity contribution >= 4 is 11.9 Å². The van der Waals surface area contributed by atoms with Gasteiger partial charge < -0.3 is 9.47 Å². The molecule has 0 unspecified atom stereocenters. The molecule has 10 atom stereocenters. The number of carbonyl (C=O) groups excluding carboxylic acids is 2. The molecule has 6 rings (SSSR count). The first-order valence-corrected chi connectivity index (χ1v) is 15.5. The Bertz CT molecular complexity index is 882. The minimum atomic E-state index is -0.115. The molecular weight excluding hydrogens is 464 g/mol. The van der Waals surface area contributed by atoms with Gasteiger partial charge in [0.05, 0.1) is 0 Å². The quantitative estimate of drug-likeness (QED) is 0.490. The van der Waals surface area contributed by atoms with Gasteiger partial charge >= 0.3 is 11.9 Å². The molecule has 0 N–H and O–H groups in total. The molecule has 0 spiro atoms. The second-order valence-electron chi connectivity index (χ2n) is 14.2. The molecule has 2 heterocycles. The topological polar surface area (TPSA) is 59.1 Å². The summed E-state index contributed by atoms with van der Waals surface area (Å²) in [5.41, 5.74) is 0.392. The smallest absolute Gasteiger partial charge is 0.302 e. The molecule has 2 saturated heterocycles. The van der Waals surface area contributed by atoms with E-state index < -0.39 is 0 Å². The third-order valence-electron chi connectivity index (χ3n) is 12.4. The Morgan fingerprint density at radius 1 is 0.730 bits per heavy atom. The number of rotatable bonds is 4. The Labute approximate surface area is 224 Å². The SMILES string of the molecule is CC(=O)O[C@H]1C[C@@H]2CC[C@@H]3[C@H](CC[C@]4(C)[C@H](OC(C)=O)[C@@H](N5CCCC5)C[C@@H]34)[C@@]2(C)C[C@@H]1N1CCCC1. The van der Waals surface area contributed by atoms with Crippen LogP contribution in [0.25, 0.3) is 0 Å². The molecule has 2 aliphatic heterocycles. The Kier molecular flexibility index (Phi) is 6.91. The number of carbonyl (C=O) groups is 2. The lowest BCUT2D eigenvalue weighted by atomic mass is 9.44. The summed E-state index contributed by atoms with van der Waals surface area (Å²) < 4.78 is 12.2. The molecule has 0 aromatic heterocycles. The molecule has 6 nitrogen and oxygen atoms in total. The van der Waals surface area contributed by atoms with Crippen molar-refractivity contribution in [2.75, 3.05) is 26.2 Å². The van der Waals surface area contributed by atoms with Crippen LogP contribution < -0.4 is 0 Å². The van der Waals surface area contributed by atoms with Crippen LogP contribution in [0.15, 0.2) is 0 Å². The predicted molar refractivity (Wildman–Crippen MR) is 143 cm³/mol. The van der Waals surface area contributed by atoms with Crippen LogP contribution in [-0.2, 0) is 19.1 Å². The molecule has 37 heavy (non-hydrogen) atoms. The first-order valence-electron chi connectivity index (χ1n) is 15.5. The molecule has 0 radical (unpaired) electrons. The third-order valence-corrected chi connectivity index (χ3v) is 12.4. The standard InChI is InChI=1S/C31H50N2O4/c1-20(34)36-28-17-22-9-10-23-24(31(22,4)19-27(28)33-15-7-8-16-33)11-12-30(3)25(23)18-26(29(30)37-21(2)35)32-13-5-6-14-32/h22-29H,5-19H2,1-4H3/t22-,23+,24-,25-,26-,27-,28-,29+,30-,31-/m0/s1. The minimum absolute atomic E-state index is 0.0385. The van der Waals surface area contributed by atoms with Crippen LogP contribution in [0.1, 0.15) is 98.3 Å². The first-order chi connectivity index (χ1) is 17.7. The van der Waals surface area contributed by atoms with Gasteiger partial charge in [-0.25, -0.2) is 0 Å². The summed E-state index contributed by atoms with van der Waals surface area (Å²) in [6.45, 7) is 12.9. The van der Waals surface area contributed by atoms with Crippen LogP contribution in [0.4, 0.5) is 0 Å². The highest BCUT2D eigenvalue weighted by atomic mass is 16.5. The molecule has 0 aromatic carbocycles. The van der Waals surface area contributed by atoms with E-state index in [1.165, 1.54) is 64.2 Å². The monoisotopic (exact) mass is 514 g/mol. The fraction of sp³-hybridized carbons (Fsp3) is 0.935. The molecule has 208 valence electrons. The molecule has 0 aromatic rings. The summed E-state index contributed by atoms with van der Waals surface area (Å²) in [6.07, 6.45) is 13.5. The zero-order chi connectivity index (χ0) is 25.9. The average Bonchev–Trinajstić information content (AvgIpc) is 3.60. The van der Waals surface area contributed by atoms with Gasteiger partial charge in [-0.1, -0.05) is 13.8 Å². The van der Waals surface area contributed by atoms with Crippen molar-refractivity contribution in [1.29, 1.82) is 0 Å². The Morgan fingerprint density at radius 2 is 1.35 bits per heavy atom. The van der Waals surface area contributed by atoms with Gasteiger partial charge in [-0.15, -0.1) is 0 Å². The van der Waals surface area contributed by atoms with E-state index in [2.05, 4.69) is 23.6 Å². The van der Waals surface area contributed by atoms with Gasteiger partial charge in [-0.05, 0) is 126 Å². The van der Waals surface area contributed by atoms with Crippen molar-refractivity contribution in [2.24, 2.45) is 34.5 Å². The Morgan fingerprint density at radius 3 is 1.97 bits per heavy atom. The van der Waals surface area contributed by atoms with E-state index in [9.17, 15) is 9.59 Å². The number of ether oxygens (including phenoxy) is 2. The van der Waals surface area contributed by atoms with Gasteiger partial charge in [-0.3, -0.25) is 19.4 Å². The predicted octanol–water partition coefficient (Wildman–Crippen LogP) is 5.04. The van der Waals surface area contributed by atoms with Gasteiger partial charge in [0.2, 0.25) is 0 Å². The maximum absolute atomic E-state index is 12.3. The summed E-state index contributed by atoms with van der Waals surface area (Å²) in [6, 6.07) is 0.761. The number of likely N-dealkylation sites (tertiary alicyclic amines) is 2. The lowest BCUT2D eigenvalue weighted by Gasteiger charge is -2.62. The second-order valence-corrected chi connectivity index (χ2v) is 14.2. The maximum atomic E-state index is 12.3. The number of hydrogen-bond donors (Lipinski definition) is 0. The van der Waals surface area contributed by atoms with E-state index in [1.54, 1.807) is 13.8 Å². The summed E-state index contributed by atoms with van der Waals surface area (Å²) in [4.78, 5) is 29.7. The number of nitrogens with zero attached hydrogens (tertiary/aromatic N) is 2. The molecule has 4 aliphatic carbocycles. The molecule has 6 fully saturated rings. The van der Waals surface area contributed by atoms with Gasteiger partial charge in [0.25, 0.3) is 0 Å². The molecule has 6 heteroatoms. The van der Waals surface area contributed by atoms with Crippen LogP contribution in [0, 0.1) is 34.5 Å². The number of esters is 2. The zero-order valence-corrected chi connectivity index (χ0v) is 23.8. The fourth-order valence-electron chi connectivity index (χ4n) is 10.8. The Hall–Kier alpha value is -1.14. The van der Waals surface area contributed by atoms with Crippen molar-refractivity contribution in [1.82, 2.24) is 9.80 Å². The van der Waals surface area contributed by atoms with Crippen molar-refractivity contribution in [3.05, 3.63) is 0 Å². The highest BCUT2D eigenvalue weighted by molar-refractivity contribution is 5.66. The second kappa shape index (κ2) is 9.80. The van der Waals surface area contributed by atoms with Crippen molar-refractivity contribution in [2.45, 2.75) is 123 Å². The van der Waals surface area contributed by atoms with Gasteiger partial charge in [0.1, 0.15) is 12.2 Å². The van der Waals surface area contributed by atoms with Gasteiger partial charge in [0.15, 0.2) is 0 Å². The van der Waals surface area contributed by atoms with Gasteiger partial charge in [-0.2, -0.15) is 0 Å². The van der Waals surface area contributed by atoms with E-state index in [4.69, 9.17) is 9.47 Å². The summed E-state index contributed by atoms with van der Waals surface area (Å²) in [5.74, 6) is 2.50. The highest BCUT2D eigenvalue weighted by Crippen LogP contribution is 2.67. The molecule has 0 bridgehead atoms. The first kappa shape index (κ1) is 26.1. The van der Waals surface area contributed by atoms with Crippen LogP contribution >= 0.6 is 0 Å². The minimum Gasteiger partial charge on any atom is -0.461 e. The molecule has 6 aliphatic rings. The van der Waals surface area contributed by atoms with E-state index in [0.29, 0.717) is 29.3 Å². The van der Waals surface area contributed by atoms with Crippen molar-refractivity contribution < 1.29 is 19.1 Å². The molecular formula is C31H50N2O4. The van der Waals surface area contributed by atoms with Crippen molar-refractivity contribution in [3.63, 3.8) is 0 Å². The largest absolute Gasteiger partial charge is 0.461 e. The summed E-state index contributed by atoms with van der Waals surface area (Å²) in [5, 5.41) is 0. The average molecular weight is 515 g/mol.